The highest BCUT2D eigenvalue weighted by atomic mass is 35.5. The number of nitrogens with one attached hydrogen (secondary N) is 1. The number of esters is 1. The van der Waals surface area contributed by atoms with Gasteiger partial charge in [0.15, 0.2) is 12.4 Å². The number of carbonyl (C=O) groups is 3. The van der Waals surface area contributed by atoms with E-state index in [-0.39, 0.29) is 18.0 Å². The van der Waals surface area contributed by atoms with Crippen molar-refractivity contribution in [3.63, 3.8) is 0 Å². The molecular formula is C17H16Cl2N2O4. The lowest BCUT2D eigenvalue weighted by Crippen LogP contribution is -2.28. The smallest absolute Gasteiger partial charge is 0.355 e. The molecule has 0 saturated heterocycles. The van der Waals surface area contributed by atoms with Crippen LogP contribution in [0.5, 0.6) is 0 Å². The Kier molecular flexibility index (Phi) is 6.22. The molecule has 1 heterocycles. The minimum absolute atomic E-state index is 0.160. The van der Waals surface area contributed by atoms with Crippen molar-refractivity contribution in [2.75, 3.05) is 6.61 Å². The van der Waals surface area contributed by atoms with Crippen molar-refractivity contribution in [1.82, 2.24) is 9.88 Å². The van der Waals surface area contributed by atoms with Crippen molar-refractivity contribution < 1.29 is 19.1 Å². The second-order valence-corrected chi connectivity index (χ2v) is 6.21. The number of halogens is 2. The summed E-state index contributed by atoms with van der Waals surface area (Å²) >= 11 is 11.8. The van der Waals surface area contributed by atoms with Crippen LogP contribution in [0.25, 0.3) is 0 Å². The standard InChI is InChI=1S/C17H16Cl2N2O4/c1-10(22)12-5-15(21(2)8-12)17(24)25-9-16(23)20-7-11-3-4-13(18)6-14(11)19/h3-6,8H,7,9H2,1-2H3,(H,20,23). The molecule has 8 heteroatoms. The summed E-state index contributed by atoms with van der Waals surface area (Å²) in [6.07, 6.45) is 1.53. The van der Waals surface area contributed by atoms with Gasteiger partial charge in [-0.05, 0) is 30.7 Å². The van der Waals surface area contributed by atoms with Crippen LogP contribution in [0.4, 0.5) is 0 Å². The van der Waals surface area contributed by atoms with Gasteiger partial charge in [0.05, 0.1) is 0 Å². The third-order valence-electron chi connectivity index (χ3n) is 3.45. The number of ketones is 1. The summed E-state index contributed by atoms with van der Waals surface area (Å²) in [4.78, 5) is 35.1. The van der Waals surface area contributed by atoms with Gasteiger partial charge < -0.3 is 14.6 Å². The molecule has 0 bridgehead atoms. The zero-order chi connectivity index (χ0) is 18.6. The lowest BCUT2D eigenvalue weighted by Gasteiger charge is -2.08. The monoisotopic (exact) mass is 382 g/mol. The number of benzene rings is 1. The Morgan fingerprint density at radius 3 is 2.52 bits per heavy atom. The van der Waals surface area contributed by atoms with Crippen LogP contribution in [0.1, 0.15) is 33.3 Å². The van der Waals surface area contributed by atoms with E-state index in [1.807, 2.05) is 0 Å². The van der Waals surface area contributed by atoms with Gasteiger partial charge in [0.1, 0.15) is 5.69 Å². The number of ether oxygens (including phenoxy) is 1. The van der Waals surface area contributed by atoms with Crippen molar-refractivity contribution in [1.29, 1.82) is 0 Å². The van der Waals surface area contributed by atoms with Crippen molar-refractivity contribution in [3.05, 3.63) is 57.3 Å². The van der Waals surface area contributed by atoms with Crippen molar-refractivity contribution in [2.24, 2.45) is 7.05 Å². The first-order valence-corrected chi connectivity index (χ1v) is 8.08. The first-order chi connectivity index (χ1) is 11.8. The summed E-state index contributed by atoms with van der Waals surface area (Å²) in [6.45, 7) is 1.15. The van der Waals surface area contributed by atoms with E-state index in [0.29, 0.717) is 21.2 Å². The number of rotatable bonds is 6. The van der Waals surface area contributed by atoms with Crippen LogP contribution in [0, 0.1) is 0 Å². The third kappa shape index (κ3) is 5.08. The highest BCUT2D eigenvalue weighted by Gasteiger charge is 2.16. The normalized spacial score (nSPS) is 10.4. The Labute approximate surface area is 154 Å². The van der Waals surface area contributed by atoms with Crippen molar-refractivity contribution in [2.45, 2.75) is 13.5 Å². The van der Waals surface area contributed by atoms with Crippen LogP contribution >= 0.6 is 23.2 Å². The van der Waals surface area contributed by atoms with Crippen LogP contribution in [-0.4, -0.2) is 28.8 Å². The Bertz CT molecular complexity index is 830. The summed E-state index contributed by atoms with van der Waals surface area (Å²) in [7, 11) is 1.62. The quantitative estimate of drug-likeness (QED) is 0.615. The van der Waals surface area contributed by atoms with Gasteiger partial charge in [-0.25, -0.2) is 4.79 Å². The molecule has 6 nitrogen and oxygen atoms in total. The minimum atomic E-state index is -0.685. The van der Waals surface area contributed by atoms with Gasteiger partial charge in [-0.15, -0.1) is 0 Å². The molecule has 0 atom stereocenters. The lowest BCUT2D eigenvalue weighted by atomic mass is 10.2. The maximum atomic E-state index is 12.0. The predicted molar refractivity (Wildman–Crippen MR) is 94.0 cm³/mol. The molecule has 2 aromatic rings. The fourth-order valence-electron chi connectivity index (χ4n) is 2.07. The fraction of sp³-hybridized carbons (Fsp3) is 0.235. The van der Waals surface area contributed by atoms with Crippen LogP contribution in [0.2, 0.25) is 10.0 Å². The van der Waals surface area contributed by atoms with Gasteiger partial charge in [-0.2, -0.15) is 0 Å². The summed E-state index contributed by atoms with van der Waals surface area (Å²) in [5.74, 6) is -1.32. The lowest BCUT2D eigenvalue weighted by molar-refractivity contribution is -0.124. The Morgan fingerprint density at radius 2 is 1.92 bits per heavy atom. The second-order valence-electron chi connectivity index (χ2n) is 5.37. The summed E-state index contributed by atoms with van der Waals surface area (Å²) in [5.41, 5.74) is 1.29. The molecule has 0 fully saturated rings. The second kappa shape index (κ2) is 8.18. The van der Waals surface area contributed by atoms with Crippen LogP contribution < -0.4 is 5.32 Å². The van der Waals surface area contributed by atoms with Crippen molar-refractivity contribution >= 4 is 40.9 Å². The zero-order valence-corrected chi connectivity index (χ0v) is 15.1. The van der Waals surface area contributed by atoms with E-state index in [0.717, 1.165) is 0 Å². The SMILES string of the molecule is CC(=O)c1cc(C(=O)OCC(=O)NCc2ccc(Cl)cc2Cl)n(C)c1. The molecule has 25 heavy (non-hydrogen) atoms. The average Bonchev–Trinajstić information content (AvgIpc) is 2.94. The number of Topliss-reactive ketones (excluding diaryl/α,β-unsaturated/α-hetero) is 1. The molecular weight excluding hydrogens is 367 g/mol. The van der Waals surface area contributed by atoms with E-state index in [9.17, 15) is 14.4 Å². The van der Waals surface area contributed by atoms with E-state index in [4.69, 9.17) is 27.9 Å². The van der Waals surface area contributed by atoms with Gasteiger partial charge in [-0.3, -0.25) is 9.59 Å². The Hall–Kier alpha value is -2.31. The third-order valence-corrected chi connectivity index (χ3v) is 4.03. The van der Waals surface area contributed by atoms with Crippen LogP contribution in [0.3, 0.4) is 0 Å². The maximum absolute atomic E-state index is 12.0. The summed E-state index contributed by atoms with van der Waals surface area (Å²) < 4.78 is 6.44. The first kappa shape index (κ1) is 19.0. The van der Waals surface area contributed by atoms with Crippen LogP contribution in [0.15, 0.2) is 30.5 Å². The van der Waals surface area contributed by atoms with Gasteiger partial charge in [-0.1, -0.05) is 29.3 Å². The van der Waals surface area contributed by atoms with Gasteiger partial charge in [0.25, 0.3) is 5.91 Å². The van der Waals surface area contributed by atoms with E-state index in [2.05, 4.69) is 5.32 Å². The molecule has 2 rings (SSSR count). The Morgan fingerprint density at radius 1 is 1.20 bits per heavy atom. The average molecular weight is 383 g/mol. The number of hydrogen-bond acceptors (Lipinski definition) is 4. The molecule has 0 aliphatic rings. The summed E-state index contributed by atoms with van der Waals surface area (Å²) in [6, 6.07) is 6.36. The van der Waals surface area contributed by atoms with E-state index in [1.54, 1.807) is 25.2 Å². The van der Waals surface area contributed by atoms with E-state index in [1.165, 1.54) is 23.8 Å². The maximum Gasteiger partial charge on any atom is 0.355 e. The molecule has 0 saturated carbocycles. The van der Waals surface area contributed by atoms with Crippen LogP contribution in [-0.2, 0) is 23.1 Å². The molecule has 132 valence electrons. The molecule has 1 aromatic carbocycles. The van der Waals surface area contributed by atoms with E-state index >= 15 is 0 Å². The number of amides is 1. The number of carbonyl (C=O) groups excluding carboxylic acids is 3. The van der Waals surface area contributed by atoms with E-state index < -0.39 is 18.5 Å². The predicted octanol–water partition coefficient (Wildman–Crippen LogP) is 3.01. The number of aromatic nitrogens is 1. The molecule has 0 unspecified atom stereocenters. The fourth-order valence-corrected chi connectivity index (χ4v) is 2.55. The molecule has 0 aliphatic heterocycles. The first-order valence-electron chi connectivity index (χ1n) is 7.33. The number of hydrogen-bond donors (Lipinski definition) is 1. The molecule has 0 spiro atoms. The highest BCUT2D eigenvalue weighted by molar-refractivity contribution is 6.35. The largest absolute Gasteiger partial charge is 0.451 e. The molecule has 0 radical (unpaired) electrons. The summed E-state index contributed by atoms with van der Waals surface area (Å²) in [5, 5.41) is 3.54. The zero-order valence-electron chi connectivity index (χ0n) is 13.6. The Balaban J connectivity index is 1.87. The molecule has 0 aliphatic carbocycles. The number of aryl methyl sites for hydroxylation is 1. The van der Waals surface area contributed by atoms with Crippen molar-refractivity contribution in [3.8, 4) is 0 Å². The van der Waals surface area contributed by atoms with Gasteiger partial charge in [0, 0.05) is 35.4 Å². The molecule has 1 N–H and O–H groups in total. The molecule has 1 aromatic heterocycles. The topological polar surface area (TPSA) is 77.4 Å². The highest BCUT2D eigenvalue weighted by Crippen LogP contribution is 2.20. The number of nitrogens with zero attached hydrogens (tertiary/aromatic N) is 1. The van der Waals surface area contributed by atoms with Gasteiger partial charge >= 0.3 is 5.97 Å². The van der Waals surface area contributed by atoms with Gasteiger partial charge in [0.2, 0.25) is 0 Å². The minimum Gasteiger partial charge on any atom is -0.451 e. The molecule has 1 amide bonds.